The first kappa shape index (κ1) is 13.5. The van der Waals surface area contributed by atoms with E-state index in [1.54, 1.807) is 18.2 Å². The fourth-order valence-corrected chi connectivity index (χ4v) is 0.946. The normalized spacial score (nSPS) is 12.3. The van der Waals surface area contributed by atoms with Crippen LogP contribution in [-0.4, -0.2) is 17.6 Å². The molecule has 0 bridgehead atoms. The molecule has 1 aromatic carbocycles. The topological polar surface area (TPSA) is 41.1 Å². The zero-order valence-corrected chi connectivity index (χ0v) is 9.43. The summed E-state index contributed by atoms with van der Waals surface area (Å²) in [5, 5.41) is 0. The average Bonchev–Trinajstić information content (AvgIpc) is 2.25. The zero-order chi connectivity index (χ0) is 13.1. The number of alkyl halides is 3. The van der Waals surface area contributed by atoms with Crippen LogP contribution in [0.5, 0.6) is 0 Å². The van der Waals surface area contributed by atoms with Crippen LogP contribution in [0.15, 0.2) is 30.3 Å². The highest BCUT2D eigenvalue weighted by atomic mass is 19.4. The molecule has 0 aliphatic heterocycles. The lowest BCUT2D eigenvalue weighted by molar-refractivity contribution is -0.188. The Balaban J connectivity index is 2.61. The number of benzene rings is 1. The smallest absolute Gasteiger partial charge is 0.287 e. The highest BCUT2D eigenvalue weighted by Crippen LogP contribution is 2.28. The van der Waals surface area contributed by atoms with Gasteiger partial charge < -0.3 is 0 Å². The summed E-state index contributed by atoms with van der Waals surface area (Å²) in [4.78, 5) is 11.5. The molecule has 0 aromatic heterocycles. The Kier molecular flexibility index (Phi) is 3.77. The molecule has 3 nitrogen and oxygen atoms in total. The first-order chi connectivity index (χ1) is 7.74. The summed E-state index contributed by atoms with van der Waals surface area (Å²) in [6.07, 6.45) is -4.45. The summed E-state index contributed by atoms with van der Waals surface area (Å²) in [7, 11) is 0. The van der Waals surface area contributed by atoms with Crippen LogP contribution in [0.4, 0.5) is 13.2 Å². The number of hydrazine groups is 1. The second-order valence-electron chi connectivity index (χ2n) is 4.07. The summed E-state index contributed by atoms with van der Waals surface area (Å²) >= 11 is 0. The molecule has 17 heavy (non-hydrogen) atoms. The molecule has 0 atom stereocenters. The molecule has 0 saturated carbocycles. The Bertz CT molecular complexity index is 387. The number of carbonyl (C=O) groups is 1. The molecule has 0 radical (unpaired) electrons. The maximum absolute atomic E-state index is 12.5. The van der Waals surface area contributed by atoms with Gasteiger partial charge >= 0.3 is 6.18 Å². The summed E-state index contributed by atoms with van der Waals surface area (Å²) in [6.45, 7) is 1.89. The van der Waals surface area contributed by atoms with Crippen LogP contribution < -0.4 is 10.9 Å². The molecule has 0 spiro atoms. The van der Waals surface area contributed by atoms with Crippen LogP contribution in [0.1, 0.15) is 24.2 Å². The van der Waals surface area contributed by atoms with Crippen LogP contribution >= 0.6 is 0 Å². The molecule has 94 valence electrons. The number of amides is 1. The Morgan fingerprint density at radius 1 is 1.12 bits per heavy atom. The summed E-state index contributed by atoms with van der Waals surface area (Å²) in [5.74, 6) is -0.608. The third-order valence-electron chi connectivity index (χ3n) is 2.23. The van der Waals surface area contributed by atoms with Crippen molar-refractivity contribution < 1.29 is 18.0 Å². The van der Waals surface area contributed by atoms with Gasteiger partial charge in [0.1, 0.15) is 5.54 Å². The molecular weight excluding hydrogens is 233 g/mol. The lowest BCUT2D eigenvalue weighted by atomic mass is 10.1. The van der Waals surface area contributed by atoms with Crippen molar-refractivity contribution in [1.82, 2.24) is 10.9 Å². The molecule has 6 heteroatoms. The van der Waals surface area contributed by atoms with Crippen molar-refractivity contribution >= 4 is 5.91 Å². The van der Waals surface area contributed by atoms with Crippen molar-refractivity contribution in [2.75, 3.05) is 0 Å². The lowest BCUT2D eigenvalue weighted by Crippen LogP contribution is -2.58. The summed E-state index contributed by atoms with van der Waals surface area (Å²) in [5.41, 5.74) is 2.12. The van der Waals surface area contributed by atoms with Gasteiger partial charge in [0.15, 0.2) is 0 Å². The molecule has 0 heterocycles. The molecule has 1 amide bonds. The van der Waals surface area contributed by atoms with Gasteiger partial charge in [-0.25, -0.2) is 5.43 Å². The number of hydrogen-bond acceptors (Lipinski definition) is 2. The molecule has 1 rings (SSSR count). The van der Waals surface area contributed by atoms with Gasteiger partial charge in [0.25, 0.3) is 5.91 Å². The first-order valence-corrected chi connectivity index (χ1v) is 4.93. The van der Waals surface area contributed by atoms with Gasteiger partial charge in [-0.05, 0) is 26.0 Å². The minimum Gasteiger partial charge on any atom is -0.287 e. The van der Waals surface area contributed by atoms with Crippen LogP contribution in [-0.2, 0) is 0 Å². The summed E-state index contributed by atoms with van der Waals surface area (Å²) in [6, 6.07) is 7.99. The SMILES string of the molecule is CC(C)(NNC(=O)c1ccccc1)C(F)(F)F. The fraction of sp³-hybridized carbons (Fsp3) is 0.364. The largest absolute Gasteiger partial charge is 0.407 e. The van der Waals surface area contributed by atoms with E-state index in [-0.39, 0.29) is 5.56 Å². The number of hydrogen-bond donors (Lipinski definition) is 2. The average molecular weight is 246 g/mol. The third kappa shape index (κ3) is 3.45. The van der Waals surface area contributed by atoms with E-state index >= 15 is 0 Å². The Morgan fingerprint density at radius 3 is 2.12 bits per heavy atom. The van der Waals surface area contributed by atoms with Gasteiger partial charge in [0.05, 0.1) is 0 Å². The van der Waals surface area contributed by atoms with E-state index in [4.69, 9.17) is 0 Å². The standard InChI is InChI=1S/C11H13F3N2O/c1-10(2,11(12,13)14)16-15-9(17)8-6-4-3-5-7-8/h3-7,16H,1-2H3,(H,15,17). The Morgan fingerprint density at radius 2 is 1.65 bits per heavy atom. The number of rotatable bonds is 3. The van der Waals surface area contributed by atoms with Crippen molar-refractivity contribution in [2.45, 2.75) is 25.6 Å². The number of halogens is 3. The maximum atomic E-state index is 12.5. The zero-order valence-electron chi connectivity index (χ0n) is 9.43. The molecular formula is C11H13F3N2O. The van der Waals surface area contributed by atoms with Gasteiger partial charge in [-0.2, -0.15) is 13.2 Å². The van der Waals surface area contributed by atoms with E-state index in [1.165, 1.54) is 12.1 Å². The Hall–Kier alpha value is -1.56. The fourth-order valence-electron chi connectivity index (χ4n) is 0.946. The molecule has 0 aliphatic carbocycles. The van der Waals surface area contributed by atoms with Crippen molar-refractivity contribution in [3.8, 4) is 0 Å². The van der Waals surface area contributed by atoms with E-state index in [1.807, 2.05) is 10.9 Å². The van der Waals surface area contributed by atoms with Crippen LogP contribution in [0, 0.1) is 0 Å². The third-order valence-corrected chi connectivity index (χ3v) is 2.23. The quantitative estimate of drug-likeness (QED) is 0.803. The minimum absolute atomic E-state index is 0.290. The van der Waals surface area contributed by atoms with Crippen molar-refractivity contribution in [3.63, 3.8) is 0 Å². The molecule has 2 N–H and O–H groups in total. The van der Waals surface area contributed by atoms with Gasteiger partial charge in [-0.15, -0.1) is 0 Å². The van der Waals surface area contributed by atoms with Gasteiger partial charge in [0.2, 0.25) is 0 Å². The second kappa shape index (κ2) is 4.75. The molecule has 0 fully saturated rings. The molecule has 0 aliphatic rings. The van der Waals surface area contributed by atoms with Crippen molar-refractivity contribution in [1.29, 1.82) is 0 Å². The van der Waals surface area contributed by atoms with E-state index in [9.17, 15) is 18.0 Å². The van der Waals surface area contributed by atoms with E-state index in [2.05, 4.69) is 0 Å². The predicted octanol–water partition coefficient (Wildman–Crippen LogP) is 2.26. The molecule has 1 aromatic rings. The highest BCUT2D eigenvalue weighted by Gasteiger charge is 2.47. The minimum atomic E-state index is -4.45. The maximum Gasteiger partial charge on any atom is 0.407 e. The van der Waals surface area contributed by atoms with Crippen molar-refractivity contribution in [2.24, 2.45) is 0 Å². The highest BCUT2D eigenvalue weighted by molar-refractivity contribution is 5.93. The Labute approximate surface area is 97.0 Å². The van der Waals surface area contributed by atoms with E-state index in [0.29, 0.717) is 0 Å². The van der Waals surface area contributed by atoms with Gasteiger partial charge in [-0.1, -0.05) is 18.2 Å². The second-order valence-corrected chi connectivity index (χ2v) is 4.07. The molecule has 0 saturated heterocycles. The van der Waals surface area contributed by atoms with Gasteiger partial charge in [0, 0.05) is 5.56 Å². The predicted molar refractivity (Wildman–Crippen MR) is 57.2 cm³/mol. The van der Waals surface area contributed by atoms with E-state index < -0.39 is 17.6 Å². The first-order valence-electron chi connectivity index (χ1n) is 4.93. The van der Waals surface area contributed by atoms with Crippen LogP contribution in [0.2, 0.25) is 0 Å². The lowest BCUT2D eigenvalue weighted by Gasteiger charge is -2.28. The number of nitrogens with one attached hydrogen (secondary N) is 2. The van der Waals surface area contributed by atoms with Crippen LogP contribution in [0.3, 0.4) is 0 Å². The van der Waals surface area contributed by atoms with Crippen molar-refractivity contribution in [3.05, 3.63) is 35.9 Å². The monoisotopic (exact) mass is 246 g/mol. The van der Waals surface area contributed by atoms with Gasteiger partial charge in [-0.3, -0.25) is 10.2 Å². The molecule has 0 unspecified atom stereocenters. The number of carbonyl (C=O) groups excluding carboxylic acids is 1. The summed E-state index contributed by atoms with van der Waals surface area (Å²) < 4.78 is 37.4. The van der Waals surface area contributed by atoms with E-state index in [0.717, 1.165) is 13.8 Å². The van der Waals surface area contributed by atoms with Crippen LogP contribution in [0.25, 0.3) is 0 Å².